The summed E-state index contributed by atoms with van der Waals surface area (Å²) in [6.45, 7) is 0.582. The van der Waals surface area contributed by atoms with Crippen LogP contribution in [0.5, 0.6) is 0 Å². The molecule has 0 saturated carbocycles. The van der Waals surface area contributed by atoms with E-state index in [0.717, 1.165) is 81.4 Å². The molecule has 0 amide bonds. The maximum Gasteiger partial charge on any atom is 0.416 e. The number of halogens is 10. The van der Waals surface area contributed by atoms with Crippen molar-refractivity contribution in [3.63, 3.8) is 0 Å². The van der Waals surface area contributed by atoms with Crippen LogP contribution < -0.4 is 5.73 Å². The van der Waals surface area contributed by atoms with E-state index in [-0.39, 0.29) is 58.4 Å². The number of alkyl halides is 6. The van der Waals surface area contributed by atoms with Gasteiger partial charge in [-0.05, 0) is 116 Å². The number of nitrogens with zero attached hydrogens (tertiary/aromatic N) is 6. The average molecular weight is 1050 g/mol. The monoisotopic (exact) mass is 1050 g/mol. The molecule has 0 radical (unpaired) electrons. The lowest BCUT2D eigenvalue weighted by Gasteiger charge is -2.38. The first-order chi connectivity index (χ1) is 32.3. The number of benzene rings is 4. The van der Waals surface area contributed by atoms with Gasteiger partial charge in [0.05, 0.1) is 38.3 Å². The molecule has 4 aromatic carbocycles. The molecule has 4 heterocycles. The van der Waals surface area contributed by atoms with Crippen LogP contribution in [0.1, 0.15) is 41.5 Å². The van der Waals surface area contributed by atoms with Crippen molar-refractivity contribution in [2.24, 2.45) is 5.73 Å². The molecule has 26 heteroatoms. The first kappa shape index (κ1) is 52.6. The number of Topliss-reactive ketones (excluding diaryl/α,β-unsaturated/α-hetero) is 1. The summed E-state index contributed by atoms with van der Waals surface area (Å²) < 4.78 is 155. The molecule has 2 aliphatic rings. The number of nitrogens with two attached hydrogens (primary N) is 1. The van der Waals surface area contributed by atoms with Crippen LogP contribution in [0.4, 0.5) is 35.1 Å². The Kier molecular flexibility index (Phi) is 16.1. The number of aromatic nitrogens is 4. The van der Waals surface area contributed by atoms with Crippen LogP contribution in [0.25, 0.3) is 11.4 Å². The number of rotatable bonds is 12. The Balaban J connectivity index is 0.000000188. The fourth-order valence-corrected chi connectivity index (χ4v) is 10.4. The topological polar surface area (TPSA) is 191 Å². The number of carboxylic acid groups (broad SMARTS) is 1. The van der Waals surface area contributed by atoms with Gasteiger partial charge in [-0.1, -0.05) is 23.2 Å². The third-order valence-corrected chi connectivity index (χ3v) is 15.2. The summed E-state index contributed by atoms with van der Waals surface area (Å²) in [4.78, 5) is 23.3. The van der Waals surface area contributed by atoms with Gasteiger partial charge in [-0.2, -0.15) is 45.2 Å². The van der Waals surface area contributed by atoms with Crippen LogP contribution in [0.3, 0.4) is 0 Å². The van der Waals surface area contributed by atoms with Crippen LogP contribution in [-0.2, 0) is 55.0 Å². The Labute approximate surface area is 398 Å². The van der Waals surface area contributed by atoms with Crippen LogP contribution in [0, 0.1) is 11.6 Å². The lowest BCUT2D eigenvalue weighted by molar-refractivity contribution is -0.144. The van der Waals surface area contributed by atoms with E-state index in [9.17, 15) is 61.5 Å². The van der Waals surface area contributed by atoms with Gasteiger partial charge in [0, 0.05) is 49.6 Å². The van der Waals surface area contributed by atoms with E-state index >= 15 is 0 Å². The Morgan fingerprint density at radius 2 is 1.00 bits per heavy atom. The van der Waals surface area contributed by atoms with Crippen LogP contribution in [0.2, 0.25) is 10.3 Å². The second-order valence-corrected chi connectivity index (χ2v) is 19.6. The molecular formula is C43H37Cl2F8N7O7S2. The number of aryl methyl sites for hydroxylation is 1. The summed E-state index contributed by atoms with van der Waals surface area (Å²) >= 11 is 12.0. The molecule has 2 aromatic heterocycles. The summed E-state index contributed by atoms with van der Waals surface area (Å²) in [6.07, 6.45) is -4.84. The van der Waals surface area contributed by atoms with Gasteiger partial charge in [0.2, 0.25) is 20.0 Å². The van der Waals surface area contributed by atoms with Gasteiger partial charge in [0.25, 0.3) is 0 Å². The zero-order valence-corrected chi connectivity index (χ0v) is 38.4. The molecule has 14 nitrogen and oxygen atoms in total. The first-order valence-electron chi connectivity index (χ1n) is 20.1. The number of ketones is 1. The van der Waals surface area contributed by atoms with Gasteiger partial charge < -0.3 is 10.8 Å². The number of hydrogen-bond acceptors (Lipinski definition) is 9. The van der Waals surface area contributed by atoms with E-state index in [1.54, 1.807) is 6.20 Å². The van der Waals surface area contributed by atoms with E-state index in [1.165, 1.54) is 39.8 Å². The zero-order chi connectivity index (χ0) is 50.6. The van der Waals surface area contributed by atoms with Crippen molar-refractivity contribution in [2.45, 2.75) is 66.5 Å². The van der Waals surface area contributed by atoms with Gasteiger partial charge in [-0.25, -0.2) is 35.0 Å². The Hall–Kier alpha value is -5.76. The van der Waals surface area contributed by atoms with E-state index in [2.05, 4.69) is 10.2 Å². The Morgan fingerprint density at radius 1 is 0.623 bits per heavy atom. The largest absolute Gasteiger partial charge is 0.480 e. The number of hydrogen-bond donors (Lipinski definition) is 2. The van der Waals surface area contributed by atoms with E-state index in [1.807, 2.05) is 0 Å². The van der Waals surface area contributed by atoms with E-state index in [4.69, 9.17) is 34.0 Å². The quantitative estimate of drug-likeness (QED) is 0.113. The number of sulfonamides is 2. The van der Waals surface area contributed by atoms with Crippen molar-refractivity contribution in [3.05, 3.63) is 154 Å². The van der Waals surface area contributed by atoms with Crippen LogP contribution in [0.15, 0.2) is 119 Å². The fraction of sp³-hybridized carbons (Fsp3) is 0.256. The highest BCUT2D eigenvalue weighted by molar-refractivity contribution is 7.89. The Bertz CT molecular complexity index is 3010. The van der Waals surface area contributed by atoms with Crippen LogP contribution in [-0.4, -0.2) is 87.0 Å². The summed E-state index contributed by atoms with van der Waals surface area (Å²) in [7, 11) is -7.75. The van der Waals surface area contributed by atoms with E-state index < -0.39 is 73.2 Å². The van der Waals surface area contributed by atoms with Crippen molar-refractivity contribution in [3.8, 4) is 11.4 Å². The Morgan fingerprint density at radius 3 is 1.33 bits per heavy atom. The SMILES string of the molecule is NCc1cn(-c2ccc(C(F)(F)F)cc2)nc1Cl.O=C(CCc1cn(-c2ccc(C(F)(F)F)cc2)nc1Cl)[C@@H]1CCN1S(=O)(=O)c1ccc(F)cc1.O=C(O)[C@@H]1CCN1S(=O)(=O)c1ccc(F)cc1. The molecule has 2 fully saturated rings. The maximum atomic E-state index is 13.1. The van der Waals surface area contributed by atoms with Crippen molar-refractivity contribution < 1.29 is 66.7 Å². The molecule has 0 bridgehead atoms. The zero-order valence-electron chi connectivity index (χ0n) is 35.3. The molecule has 2 aliphatic heterocycles. The summed E-state index contributed by atoms with van der Waals surface area (Å²) in [6, 6.07) is 15.9. The second-order valence-electron chi connectivity index (χ2n) is 15.1. The first-order valence-corrected chi connectivity index (χ1v) is 23.8. The molecule has 2 saturated heterocycles. The summed E-state index contributed by atoms with van der Waals surface area (Å²) in [5.41, 5.74) is 5.93. The normalized spacial score (nSPS) is 16.6. The molecule has 0 spiro atoms. The minimum absolute atomic E-state index is 0.00146. The lowest BCUT2D eigenvalue weighted by atomic mass is 9.98. The minimum Gasteiger partial charge on any atom is -0.480 e. The molecule has 0 unspecified atom stereocenters. The predicted octanol–water partition coefficient (Wildman–Crippen LogP) is 8.33. The highest BCUT2D eigenvalue weighted by Gasteiger charge is 2.44. The number of aliphatic carboxylic acids is 1. The van der Waals surface area contributed by atoms with Crippen LogP contribution >= 0.6 is 23.2 Å². The third kappa shape index (κ3) is 12.3. The highest BCUT2D eigenvalue weighted by Crippen LogP contribution is 2.33. The van der Waals surface area contributed by atoms with Gasteiger partial charge in [0.15, 0.2) is 16.1 Å². The summed E-state index contributed by atoms with van der Waals surface area (Å²) in [5, 5.41) is 17.2. The molecule has 6 aromatic rings. The molecule has 0 aliphatic carbocycles. The lowest BCUT2D eigenvalue weighted by Crippen LogP contribution is -2.54. The third-order valence-electron chi connectivity index (χ3n) is 10.7. The average Bonchev–Trinajstić information content (AvgIpc) is 3.83. The van der Waals surface area contributed by atoms with Crippen molar-refractivity contribution in [2.75, 3.05) is 13.1 Å². The van der Waals surface area contributed by atoms with Crippen molar-refractivity contribution in [1.29, 1.82) is 0 Å². The number of carbonyl (C=O) groups excluding carboxylic acids is 1. The van der Waals surface area contributed by atoms with Gasteiger partial charge in [-0.3, -0.25) is 9.59 Å². The standard InChI is InChI=1S/C22H18ClF4N3O3S.C11H9ClF3N3.C10H10FNO4S/c23-21-14(13-29(28-21)17-6-2-15(3-7-17)22(25,26)27)1-10-20(31)19-11-12-30(19)34(32,33)18-8-4-16(24)5-9-18;12-10-7(5-16)6-18(17-10)9-3-1-8(2-4-9)11(13,14)15;11-7-1-3-8(4-2-7)17(15,16)12-6-5-9(12)10(13)14/h2-9,13,19H,1,10-12H2;1-4,6H,5,16H2;1-4,9H,5-6H2,(H,13,14)/t19-;;9-/m0.0/s1. The predicted molar refractivity (Wildman–Crippen MR) is 233 cm³/mol. The highest BCUT2D eigenvalue weighted by atomic mass is 35.5. The number of carboxylic acids is 1. The van der Waals surface area contributed by atoms with Gasteiger partial charge in [-0.15, -0.1) is 0 Å². The maximum absolute atomic E-state index is 13.1. The number of carbonyl (C=O) groups is 2. The minimum atomic E-state index is -4.45. The molecule has 2 atom stereocenters. The van der Waals surface area contributed by atoms with Crippen molar-refractivity contribution >= 4 is 55.0 Å². The van der Waals surface area contributed by atoms with Gasteiger partial charge >= 0.3 is 18.3 Å². The molecule has 8 rings (SSSR count). The van der Waals surface area contributed by atoms with Gasteiger partial charge in [0.1, 0.15) is 17.7 Å². The van der Waals surface area contributed by atoms with E-state index in [0.29, 0.717) is 35.3 Å². The summed E-state index contributed by atoms with van der Waals surface area (Å²) in [5.74, 6) is -2.57. The molecule has 3 N–H and O–H groups in total. The molecule has 368 valence electrons. The molecular weight excluding hydrogens is 1010 g/mol. The molecule has 69 heavy (non-hydrogen) atoms. The fourth-order valence-electron chi connectivity index (χ4n) is 6.73. The van der Waals surface area contributed by atoms with Crippen molar-refractivity contribution in [1.82, 2.24) is 28.2 Å². The second kappa shape index (κ2) is 21.1. The smallest absolute Gasteiger partial charge is 0.416 e.